The number of carbonyl (C=O) groups is 1. The largest absolute Gasteiger partial charge is 0.394 e. The molecule has 1 aromatic rings. The van der Waals surface area contributed by atoms with Crippen molar-refractivity contribution >= 4 is 21.8 Å². The normalized spacial score (nSPS) is 22.9. The predicted molar refractivity (Wildman–Crippen MR) is 71.4 cm³/mol. The van der Waals surface area contributed by atoms with Gasteiger partial charge in [0.25, 0.3) is 5.91 Å². The molecule has 2 unspecified atom stereocenters. The van der Waals surface area contributed by atoms with Gasteiger partial charge in [0, 0.05) is 11.0 Å². The van der Waals surface area contributed by atoms with Gasteiger partial charge in [-0.1, -0.05) is 15.9 Å². The fourth-order valence-electron chi connectivity index (χ4n) is 2.10. The molecular weight excluding hydrogens is 336 g/mol. The van der Waals surface area contributed by atoms with Crippen molar-refractivity contribution in [3.05, 3.63) is 33.8 Å². The van der Waals surface area contributed by atoms with E-state index in [1.807, 2.05) is 0 Å². The lowest BCUT2D eigenvalue weighted by Gasteiger charge is -2.37. The molecule has 20 heavy (non-hydrogen) atoms. The molecule has 0 spiro atoms. The van der Waals surface area contributed by atoms with Crippen molar-refractivity contribution in [1.82, 2.24) is 4.90 Å². The van der Waals surface area contributed by atoms with Gasteiger partial charge in [-0.25, -0.2) is 8.78 Å². The number of amides is 1. The summed E-state index contributed by atoms with van der Waals surface area (Å²) in [6, 6.07) is 1.78. The molecule has 1 amide bonds. The van der Waals surface area contributed by atoms with Gasteiger partial charge in [0.15, 0.2) is 0 Å². The zero-order valence-electron chi connectivity index (χ0n) is 10.8. The van der Waals surface area contributed by atoms with Gasteiger partial charge in [-0.3, -0.25) is 4.79 Å². The van der Waals surface area contributed by atoms with Gasteiger partial charge in [0.2, 0.25) is 0 Å². The lowest BCUT2D eigenvalue weighted by molar-refractivity contribution is -0.0669. The van der Waals surface area contributed by atoms with E-state index in [0.717, 1.165) is 12.1 Å². The molecule has 0 radical (unpaired) electrons. The molecule has 1 fully saturated rings. The Bertz CT molecular complexity index is 503. The third-order valence-corrected chi connectivity index (χ3v) is 3.65. The van der Waals surface area contributed by atoms with Crippen LogP contribution in [0.15, 0.2) is 16.6 Å². The van der Waals surface area contributed by atoms with Crippen LogP contribution in [0.3, 0.4) is 0 Å². The highest BCUT2D eigenvalue weighted by Crippen LogP contribution is 2.23. The van der Waals surface area contributed by atoms with E-state index in [2.05, 4.69) is 15.9 Å². The number of hydrogen-bond donors (Lipinski definition) is 1. The number of aliphatic hydroxyl groups is 1. The first kappa shape index (κ1) is 15.3. The van der Waals surface area contributed by atoms with Gasteiger partial charge in [-0.05, 0) is 19.1 Å². The third-order valence-electron chi connectivity index (χ3n) is 3.19. The van der Waals surface area contributed by atoms with Crippen molar-refractivity contribution in [3.8, 4) is 0 Å². The first-order chi connectivity index (χ1) is 9.43. The maximum absolute atomic E-state index is 13.8. The summed E-state index contributed by atoms with van der Waals surface area (Å²) in [6.07, 6.45) is -0.531. The second-order valence-electron chi connectivity index (χ2n) is 4.69. The summed E-state index contributed by atoms with van der Waals surface area (Å²) in [6.45, 7) is 1.80. The summed E-state index contributed by atoms with van der Waals surface area (Å²) < 4.78 is 33.2. The maximum Gasteiger partial charge on any atom is 0.260 e. The van der Waals surface area contributed by atoms with Crippen LogP contribution in [0, 0.1) is 11.6 Å². The van der Waals surface area contributed by atoms with Crippen molar-refractivity contribution < 1.29 is 23.4 Å². The number of rotatable bonds is 2. The molecule has 2 rings (SSSR count). The van der Waals surface area contributed by atoms with E-state index in [0.29, 0.717) is 0 Å². The van der Waals surface area contributed by atoms with Crippen molar-refractivity contribution in [2.45, 2.75) is 19.1 Å². The van der Waals surface area contributed by atoms with Crippen LogP contribution in [-0.4, -0.2) is 47.8 Å². The van der Waals surface area contributed by atoms with Crippen LogP contribution in [0.5, 0.6) is 0 Å². The zero-order chi connectivity index (χ0) is 14.9. The topological polar surface area (TPSA) is 49.8 Å². The Balaban J connectivity index is 2.30. The highest BCUT2D eigenvalue weighted by Gasteiger charge is 2.32. The second-order valence-corrected chi connectivity index (χ2v) is 5.60. The minimum atomic E-state index is -0.916. The van der Waals surface area contributed by atoms with Crippen LogP contribution in [0.4, 0.5) is 8.78 Å². The molecule has 0 saturated carbocycles. The Morgan fingerprint density at radius 1 is 1.50 bits per heavy atom. The maximum atomic E-state index is 13.8. The van der Waals surface area contributed by atoms with Crippen LogP contribution in [0.2, 0.25) is 0 Å². The summed E-state index contributed by atoms with van der Waals surface area (Å²) in [5, 5.41) is 9.08. The quantitative estimate of drug-likeness (QED) is 0.887. The first-order valence-electron chi connectivity index (χ1n) is 6.12. The number of morpholine rings is 1. The average Bonchev–Trinajstić information content (AvgIpc) is 2.37. The summed E-state index contributed by atoms with van der Waals surface area (Å²) >= 11 is 2.97. The van der Waals surface area contributed by atoms with E-state index in [4.69, 9.17) is 9.84 Å². The molecule has 1 N–H and O–H groups in total. The number of carbonyl (C=O) groups excluding carboxylic acids is 1. The van der Waals surface area contributed by atoms with Crippen LogP contribution >= 0.6 is 15.9 Å². The van der Waals surface area contributed by atoms with E-state index in [1.165, 1.54) is 4.90 Å². The van der Waals surface area contributed by atoms with Gasteiger partial charge >= 0.3 is 0 Å². The Morgan fingerprint density at radius 3 is 2.65 bits per heavy atom. The highest BCUT2D eigenvalue weighted by molar-refractivity contribution is 9.10. The van der Waals surface area contributed by atoms with Gasteiger partial charge in [0.1, 0.15) is 17.2 Å². The van der Waals surface area contributed by atoms with Crippen LogP contribution in [0.25, 0.3) is 0 Å². The molecular formula is C13H14BrF2NO3. The lowest BCUT2D eigenvalue weighted by atomic mass is 10.1. The molecule has 0 aliphatic carbocycles. The minimum Gasteiger partial charge on any atom is -0.394 e. The van der Waals surface area contributed by atoms with Crippen LogP contribution in [0.1, 0.15) is 17.3 Å². The molecule has 1 aliphatic rings. The van der Waals surface area contributed by atoms with E-state index in [-0.39, 0.29) is 30.3 Å². The average molecular weight is 350 g/mol. The molecule has 110 valence electrons. The number of aliphatic hydroxyl groups excluding tert-OH is 1. The number of ether oxygens (including phenoxy) is 1. The molecule has 1 aromatic carbocycles. The summed E-state index contributed by atoms with van der Waals surface area (Å²) in [4.78, 5) is 13.6. The highest BCUT2D eigenvalue weighted by atomic mass is 79.9. The fourth-order valence-corrected chi connectivity index (χ4v) is 2.50. The lowest BCUT2D eigenvalue weighted by Crippen LogP contribution is -2.52. The first-order valence-corrected chi connectivity index (χ1v) is 6.91. The summed E-state index contributed by atoms with van der Waals surface area (Å²) in [5.41, 5.74) is -0.585. The van der Waals surface area contributed by atoms with Crippen LogP contribution in [-0.2, 0) is 4.74 Å². The van der Waals surface area contributed by atoms with Gasteiger partial charge in [-0.15, -0.1) is 0 Å². The Labute approximate surface area is 123 Å². The van der Waals surface area contributed by atoms with Crippen molar-refractivity contribution in [2.75, 3.05) is 19.8 Å². The zero-order valence-corrected chi connectivity index (χ0v) is 12.4. The molecule has 1 saturated heterocycles. The monoisotopic (exact) mass is 349 g/mol. The van der Waals surface area contributed by atoms with E-state index < -0.39 is 29.2 Å². The molecule has 1 aliphatic heterocycles. The molecule has 0 bridgehead atoms. The smallest absolute Gasteiger partial charge is 0.260 e. The number of halogens is 3. The standard InChI is InChI=1S/C13H14BrF2NO3/c1-7-6-20-9(5-18)4-17(7)13(19)12-10(15)2-8(14)3-11(12)16/h2-3,7,9,18H,4-6H2,1H3. The molecule has 1 heterocycles. The van der Waals surface area contributed by atoms with Crippen molar-refractivity contribution in [1.29, 1.82) is 0 Å². The Hall–Kier alpha value is -1.05. The Kier molecular flexibility index (Phi) is 4.72. The SMILES string of the molecule is CC1COC(CO)CN1C(=O)c1c(F)cc(Br)cc1F. The summed E-state index contributed by atoms with van der Waals surface area (Å²) in [7, 11) is 0. The van der Waals surface area contributed by atoms with E-state index in [1.54, 1.807) is 6.92 Å². The van der Waals surface area contributed by atoms with Crippen LogP contribution < -0.4 is 0 Å². The van der Waals surface area contributed by atoms with E-state index >= 15 is 0 Å². The van der Waals surface area contributed by atoms with Gasteiger partial charge < -0.3 is 14.7 Å². The molecule has 0 aromatic heterocycles. The molecule has 7 heteroatoms. The minimum absolute atomic E-state index is 0.103. The van der Waals surface area contributed by atoms with E-state index in [9.17, 15) is 13.6 Å². The van der Waals surface area contributed by atoms with Crippen molar-refractivity contribution in [3.63, 3.8) is 0 Å². The fraction of sp³-hybridized carbons (Fsp3) is 0.462. The second kappa shape index (κ2) is 6.15. The number of hydrogen-bond acceptors (Lipinski definition) is 3. The predicted octanol–water partition coefficient (Wildman–Crippen LogP) is 1.95. The molecule has 4 nitrogen and oxygen atoms in total. The third kappa shape index (κ3) is 2.99. The molecule has 2 atom stereocenters. The summed E-state index contributed by atoms with van der Waals surface area (Å²) in [5.74, 6) is -2.57. The van der Waals surface area contributed by atoms with Gasteiger partial charge in [-0.2, -0.15) is 0 Å². The number of nitrogens with zero attached hydrogens (tertiary/aromatic N) is 1. The number of benzene rings is 1. The van der Waals surface area contributed by atoms with Gasteiger partial charge in [0.05, 0.1) is 25.4 Å². The Morgan fingerprint density at radius 2 is 2.10 bits per heavy atom. The van der Waals surface area contributed by atoms with Crippen molar-refractivity contribution in [2.24, 2.45) is 0 Å².